The van der Waals surface area contributed by atoms with Crippen molar-refractivity contribution in [2.24, 2.45) is 5.92 Å². The van der Waals surface area contributed by atoms with Crippen molar-refractivity contribution in [2.45, 2.75) is 32.8 Å². The molecular formula is C18H23N3O5S. The van der Waals surface area contributed by atoms with E-state index in [9.17, 15) is 18.0 Å². The molecule has 0 radical (unpaired) electrons. The lowest BCUT2D eigenvalue weighted by atomic mass is 9.98. The standard InChI is InChI=1S/C18H23N3O5S/c1-3-27(24,25)21-10-8-13(9-11-21)18(23)26-12(2)16-19-15-7-5-4-6-14(15)17(22)20-16/h4-7,12-13H,3,8-11H2,1-2H3,(H,19,20,22). The molecule has 0 bridgehead atoms. The van der Waals surface area contributed by atoms with Gasteiger partial charge in [-0.2, -0.15) is 0 Å². The van der Waals surface area contributed by atoms with E-state index in [-0.39, 0.29) is 23.1 Å². The van der Waals surface area contributed by atoms with Crippen molar-refractivity contribution in [1.29, 1.82) is 0 Å². The van der Waals surface area contributed by atoms with Gasteiger partial charge in [0.15, 0.2) is 11.9 Å². The van der Waals surface area contributed by atoms with E-state index < -0.39 is 22.1 Å². The van der Waals surface area contributed by atoms with Gasteiger partial charge in [-0.1, -0.05) is 12.1 Å². The summed E-state index contributed by atoms with van der Waals surface area (Å²) < 4.78 is 30.7. The average Bonchev–Trinajstić information content (AvgIpc) is 2.68. The van der Waals surface area contributed by atoms with Crippen LogP contribution in [-0.4, -0.2) is 47.5 Å². The van der Waals surface area contributed by atoms with E-state index in [1.165, 1.54) is 4.31 Å². The fraction of sp³-hybridized carbons (Fsp3) is 0.500. The zero-order valence-corrected chi connectivity index (χ0v) is 16.2. The summed E-state index contributed by atoms with van der Waals surface area (Å²) in [5, 5.41) is 0.476. The van der Waals surface area contributed by atoms with Crippen LogP contribution < -0.4 is 5.56 Å². The molecule has 1 saturated heterocycles. The lowest BCUT2D eigenvalue weighted by Crippen LogP contribution is -2.41. The number of ether oxygens (including phenoxy) is 1. The number of piperidine rings is 1. The number of para-hydroxylation sites is 1. The maximum Gasteiger partial charge on any atom is 0.309 e. The monoisotopic (exact) mass is 393 g/mol. The molecule has 2 heterocycles. The Hall–Kier alpha value is -2.26. The van der Waals surface area contributed by atoms with Gasteiger partial charge in [0.1, 0.15) is 0 Å². The molecule has 0 amide bonds. The molecule has 1 unspecified atom stereocenters. The third-order valence-electron chi connectivity index (χ3n) is 4.85. The first-order valence-corrected chi connectivity index (χ1v) is 10.6. The number of nitrogens with zero attached hydrogens (tertiary/aromatic N) is 2. The maximum absolute atomic E-state index is 12.4. The zero-order chi connectivity index (χ0) is 19.6. The van der Waals surface area contributed by atoms with Gasteiger partial charge in [-0.25, -0.2) is 17.7 Å². The summed E-state index contributed by atoms with van der Waals surface area (Å²) >= 11 is 0. The van der Waals surface area contributed by atoms with E-state index in [4.69, 9.17) is 4.74 Å². The highest BCUT2D eigenvalue weighted by atomic mass is 32.2. The lowest BCUT2D eigenvalue weighted by Gasteiger charge is -2.30. The van der Waals surface area contributed by atoms with Gasteiger partial charge in [0.25, 0.3) is 5.56 Å². The van der Waals surface area contributed by atoms with Crippen LogP contribution in [0.25, 0.3) is 10.9 Å². The maximum atomic E-state index is 12.4. The van der Waals surface area contributed by atoms with Crippen molar-refractivity contribution in [3.05, 3.63) is 40.4 Å². The van der Waals surface area contributed by atoms with Crippen molar-refractivity contribution in [2.75, 3.05) is 18.8 Å². The highest BCUT2D eigenvalue weighted by molar-refractivity contribution is 7.89. The van der Waals surface area contributed by atoms with Gasteiger partial charge in [-0.15, -0.1) is 0 Å². The molecule has 1 aliphatic rings. The third kappa shape index (κ3) is 4.19. The van der Waals surface area contributed by atoms with E-state index in [0.717, 1.165) is 0 Å². The fourth-order valence-corrected chi connectivity index (χ4v) is 4.31. The topological polar surface area (TPSA) is 109 Å². The summed E-state index contributed by atoms with van der Waals surface area (Å²) in [7, 11) is -3.23. The van der Waals surface area contributed by atoms with E-state index in [0.29, 0.717) is 36.8 Å². The summed E-state index contributed by atoms with van der Waals surface area (Å²) in [5.41, 5.74) is 0.258. The molecule has 3 rings (SSSR count). The Kier molecular flexibility index (Phi) is 5.61. The molecule has 27 heavy (non-hydrogen) atoms. The van der Waals surface area contributed by atoms with E-state index in [1.54, 1.807) is 38.1 Å². The van der Waals surface area contributed by atoms with Gasteiger partial charge in [0.05, 0.1) is 22.6 Å². The van der Waals surface area contributed by atoms with Crippen LogP contribution in [0.15, 0.2) is 29.1 Å². The normalized spacial score (nSPS) is 17.7. The third-order valence-corrected chi connectivity index (χ3v) is 6.74. The van der Waals surface area contributed by atoms with Crippen LogP contribution in [0.2, 0.25) is 0 Å². The van der Waals surface area contributed by atoms with Crippen molar-refractivity contribution < 1.29 is 17.9 Å². The second-order valence-electron chi connectivity index (χ2n) is 6.62. The molecule has 1 aromatic carbocycles. The number of rotatable bonds is 5. The lowest BCUT2D eigenvalue weighted by molar-refractivity contribution is -0.155. The van der Waals surface area contributed by atoms with Gasteiger partial charge < -0.3 is 9.72 Å². The van der Waals surface area contributed by atoms with Crippen LogP contribution in [0.5, 0.6) is 0 Å². The Labute approximate surface area is 157 Å². The Morgan fingerprint density at radius 3 is 2.67 bits per heavy atom. The van der Waals surface area contributed by atoms with E-state index in [1.807, 2.05) is 0 Å². The number of H-pyrrole nitrogens is 1. The summed E-state index contributed by atoms with van der Waals surface area (Å²) in [6.07, 6.45) is 0.144. The van der Waals surface area contributed by atoms with Gasteiger partial charge in [-0.3, -0.25) is 9.59 Å². The number of sulfonamides is 1. The minimum atomic E-state index is -3.23. The van der Waals surface area contributed by atoms with Crippen molar-refractivity contribution in [1.82, 2.24) is 14.3 Å². The molecule has 1 fully saturated rings. The van der Waals surface area contributed by atoms with E-state index >= 15 is 0 Å². The molecule has 9 heteroatoms. The number of nitrogens with one attached hydrogen (secondary N) is 1. The van der Waals surface area contributed by atoms with Crippen LogP contribution in [0.1, 0.15) is 38.6 Å². The minimum Gasteiger partial charge on any atom is -0.454 e. The van der Waals surface area contributed by atoms with Crippen LogP contribution >= 0.6 is 0 Å². The second-order valence-corrected chi connectivity index (χ2v) is 8.88. The molecule has 0 aliphatic carbocycles. The molecule has 1 N–H and O–H groups in total. The summed E-state index contributed by atoms with van der Waals surface area (Å²) in [6, 6.07) is 6.95. The SMILES string of the molecule is CCS(=O)(=O)N1CCC(C(=O)OC(C)c2nc3ccccc3c(=O)[nH]2)CC1. The molecule has 1 atom stereocenters. The first-order valence-electron chi connectivity index (χ1n) is 8.99. The number of hydrogen-bond donors (Lipinski definition) is 1. The number of esters is 1. The van der Waals surface area contributed by atoms with Crippen LogP contribution in [0.4, 0.5) is 0 Å². The Morgan fingerprint density at radius 2 is 2.00 bits per heavy atom. The van der Waals surface area contributed by atoms with Gasteiger partial charge in [0, 0.05) is 13.1 Å². The summed E-state index contributed by atoms with van der Waals surface area (Å²) in [5.74, 6) is -0.409. The first kappa shape index (κ1) is 19.5. The number of carbonyl (C=O) groups is 1. The van der Waals surface area contributed by atoms with Gasteiger partial charge in [-0.05, 0) is 38.8 Å². The predicted molar refractivity (Wildman–Crippen MR) is 101 cm³/mol. The van der Waals surface area contributed by atoms with Crippen molar-refractivity contribution in [3.8, 4) is 0 Å². The van der Waals surface area contributed by atoms with Crippen molar-refractivity contribution in [3.63, 3.8) is 0 Å². The number of aromatic amines is 1. The minimum absolute atomic E-state index is 0.0557. The van der Waals surface area contributed by atoms with Crippen molar-refractivity contribution >= 4 is 26.9 Å². The molecule has 1 aliphatic heterocycles. The number of benzene rings is 1. The number of fused-ring (bicyclic) bond motifs is 1. The number of carbonyl (C=O) groups excluding carboxylic acids is 1. The van der Waals surface area contributed by atoms with Gasteiger partial charge >= 0.3 is 5.97 Å². The zero-order valence-electron chi connectivity index (χ0n) is 15.3. The van der Waals surface area contributed by atoms with Crippen LogP contribution in [0, 0.1) is 5.92 Å². The Balaban J connectivity index is 1.66. The average molecular weight is 393 g/mol. The molecule has 146 valence electrons. The predicted octanol–water partition coefficient (Wildman–Crippen LogP) is 1.59. The molecule has 0 spiro atoms. The van der Waals surface area contributed by atoms with Crippen LogP contribution in [-0.2, 0) is 19.6 Å². The molecule has 1 aromatic heterocycles. The fourth-order valence-electron chi connectivity index (χ4n) is 3.18. The Bertz CT molecular complexity index is 993. The van der Waals surface area contributed by atoms with Crippen LogP contribution in [0.3, 0.4) is 0 Å². The molecule has 8 nitrogen and oxygen atoms in total. The molecular weight excluding hydrogens is 370 g/mol. The number of hydrogen-bond acceptors (Lipinski definition) is 6. The molecule has 2 aromatic rings. The summed E-state index contributed by atoms with van der Waals surface area (Å²) in [6.45, 7) is 3.89. The Morgan fingerprint density at radius 1 is 1.33 bits per heavy atom. The highest BCUT2D eigenvalue weighted by Gasteiger charge is 2.32. The summed E-state index contributed by atoms with van der Waals surface area (Å²) in [4.78, 5) is 31.6. The number of aromatic nitrogens is 2. The quantitative estimate of drug-likeness (QED) is 0.773. The molecule has 0 saturated carbocycles. The van der Waals surface area contributed by atoms with E-state index in [2.05, 4.69) is 9.97 Å². The largest absolute Gasteiger partial charge is 0.454 e. The first-order chi connectivity index (χ1) is 12.8. The second kappa shape index (κ2) is 7.77. The van der Waals surface area contributed by atoms with Gasteiger partial charge in [0.2, 0.25) is 10.0 Å². The highest BCUT2D eigenvalue weighted by Crippen LogP contribution is 2.24. The smallest absolute Gasteiger partial charge is 0.309 e.